The molecule has 0 aliphatic heterocycles. The van der Waals surface area contributed by atoms with Gasteiger partial charge in [-0.25, -0.2) is 22.9 Å². The summed E-state index contributed by atoms with van der Waals surface area (Å²) in [6, 6.07) is 5.91. The van der Waals surface area contributed by atoms with Gasteiger partial charge in [0.15, 0.2) is 5.82 Å². The van der Waals surface area contributed by atoms with Crippen LogP contribution in [-0.4, -0.2) is 19.3 Å². The number of hydrogen-bond donors (Lipinski definition) is 2. The summed E-state index contributed by atoms with van der Waals surface area (Å²) in [5, 5.41) is 7.22. The van der Waals surface area contributed by atoms with Crippen molar-refractivity contribution in [2.24, 2.45) is 5.14 Å². The van der Waals surface area contributed by atoms with Gasteiger partial charge in [0.05, 0.1) is 10.5 Å². The molecule has 0 saturated heterocycles. The van der Waals surface area contributed by atoms with Gasteiger partial charge in [0, 0.05) is 11.9 Å². The maximum Gasteiger partial charge on any atom is 0.258 e. The number of pyridine rings is 1. The third kappa shape index (κ3) is 3.38. The first-order valence-electron chi connectivity index (χ1n) is 5.53. The number of sulfonamides is 1. The zero-order chi connectivity index (χ0) is 15.6. The number of nitrogens with one attached hydrogen (secondary N) is 1. The number of anilines is 1. The van der Waals surface area contributed by atoms with Crippen LogP contribution in [0.5, 0.6) is 0 Å². The number of amides is 1. The molecule has 0 aliphatic rings. The Morgan fingerprint density at radius 1 is 1.14 bits per heavy atom. The van der Waals surface area contributed by atoms with Gasteiger partial charge in [0.2, 0.25) is 16.0 Å². The Hall–Kier alpha value is -2.39. The third-order valence-electron chi connectivity index (χ3n) is 2.53. The number of primary sulfonamides is 1. The molecule has 1 aromatic carbocycles. The lowest BCUT2D eigenvalue weighted by Crippen LogP contribution is -2.15. The number of rotatable bonds is 3. The Balaban J connectivity index is 2.22. The van der Waals surface area contributed by atoms with Crippen molar-refractivity contribution in [2.75, 3.05) is 5.32 Å². The molecule has 0 bridgehead atoms. The van der Waals surface area contributed by atoms with Gasteiger partial charge in [0.1, 0.15) is 0 Å². The Bertz CT molecular complexity index is 792. The van der Waals surface area contributed by atoms with E-state index in [1.54, 1.807) is 0 Å². The van der Waals surface area contributed by atoms with Crippen LogP contribution in [0.4, 0.5) is 14.5 Å². The molecule has 0 radical (unpaired) electrons. The summed E-state index contributed by atoms with van der Waals surface area (Å²) >= 11 is 0. The van der Waals surface area contributed by atoms with Gasteiger partial charge in [-0.3, -0.25) is 4.79 Å². The maximum absolute atomic E-state index is 13.4. The lowest BCUT2D eigenvalue weighted by atomic mass is 10.2. The van der Waals surface area contributed by atoms with E-state index in [1.807, 2.05) is 0 Å². The van der Waals surface area contributed by atoms with Crippen LogP contribution in [0.1, 0.15) is 10.4 Å². The molecule has 2 aromatic rings. The van der Waals surface area contributed by atoms with E-state index in [9.17, 15) is 22.0 Å². The summed E-state index contributed by atoms with van der Waals surface area (Å²) in [6.45, 7) is 0. The normalized spacial score (nSPS) is 11.2. The number of aromatic nitrogens is 1. The molecule has 1 aromatic heterocycles. The Morgan fingerprint density at radius 2 is 1.76 bits per heavy atom. The molecule has 0 spiro atoms. The lowest BCUT2D eigenvalue weighted by Gasteiger charge is -2.06. The fourth-order valence-electron chi connectivity index (χ4n) is 1.52. The van der Waals surface area contributed by atoms with Crippen molar-refractivity contribution in [2.45, 2.75) is 4.90 Å². The van der Waals surface area contributed by atoms with Gasteiger partial charge in [-0.2, -0.15) is 4.39 Å². The van der Waals surface area contributed by atoms with E-state index in [2.05, 4.69) is 10.3 Å². The van der Waals surface area contributed by atoms with Crippen molar-refractivity contribution < 1.29 is 22.0 Å². The molecule has 6 nitrogen and oxygen atoms in total. The number of hydrogen-bond acceptors (Lipinski definition) is 4. The Labute approximate surface area is 118 Å². The van der Waals surface area contributed by atoms with E-state index in [1.165, 1.54) is 24.3 Å². The molecule has 0 saturated carbocycles. The zero-order valence-electron chi connectivity index (χ0n) is 10.4. The number of carbonyl (C=O) groups excluding carboxylic acids is 1. The van der Waals surface area contributed by atoms with Crippen LogP contribution in [0.3, 0.4) is 0 Å². The molecular formula is C12H9F2N3O3S. The molecule has 0 unspecified atom stereocenters. The van der Waals surface area contributed by atoms with Crippen molar-refractivity contribution >= 4 is 21.6 Å². The average molecular weight is 313 g/mol. The quantitative estimate of drug-likeness (QED) is 0.833. The number of halogens is 2. The second kappa shape index (κ2) is 5.54. The predicted octanol–water partition coefficient (Wildman–Crippen LogP) is 1.26. The van der Waals surface area contributed by atoms with Crippen molar-refractivity contribution in [1.82, 2.24) is 4.98 Å². The first-order valence-corrected chi connectivity index (χ1v) is 7.08. The Kier molecular flexibility index (Phi) is 3.96. The van der Waals surface area contributed by atoms with E-state index in [-0.39, 0.29) is 10.6 Å². The first-order chi connectivity index (χ1) is 9.79. The average Bonchev–Trinajstić information content (AvgIpc) is 2.41. The monoisotopic (exact) mass is 313 g/mol. The minimum absolute atomic E-state index is 0.137. The van der Waals surface area contributed by atoms with Crippen LogP contribution < -0.4 is 10.5 Å². The molecular weight excluding hydrogens is 304 g/mol. The standard InChI is InChI=1S/C12H9F2N3O3S/c13-10-9(5-6-16-11(10)14)12(18)17-7-1-3-8(4-2-7)21(15,19)20/h1-6H,(H,17,18)(H2,15,19,20). The SMILES string of the molecule is NS(=O)(=O)c1ccc(NC(=O)c2ccnc(F)c2F)cc1. The van der Waals surface area contributed by atoms with Crippen molar-refractivity contribution in [3.05, 3.63) is 53.9 Å². The van der Waals surface area contributed by atoms with Crippen molar-refractivity contribution in [3.63, 3.8) is 0 Å². The van der Waals surface area contributed by atoms with Gasteiger partial charge in [-0.15, -0.1) is 0 Å². The highest BCUT2D eigenvalue weighted by Gasteiger charge is 2.16. The summed E-state index contributed by atoms with van der Waals surface area (Å²) < 4.78 is 48.4. The van der Waals surface area contributed by atoms with Gasteiger partial charge >= 0.3 is 0 Å². The molecule has 1 amide bonds. The summed E-state index contributed by atoms with van der Waals surface area (Å²) in [5.74, 6) is -3.64. The molecule has 0 aliphatic carbocycles. The van der Waals surface area contributed by atoms with E-state index >= 15 is 0 Å². The molecule has 1 heterocycles. The minimum atomic E-state index is -3.84. The highest BCUT2D eigenvalue weighted by Crippen LogP contribution is 2.15. The topological polar surface area (TPSA) is 102 Å². The van der Waals surface area contributed by atoms with Gasteiger partial charge in [0.25, 0.3) is 5.91 Å². The van der Waals surface area contributed by atoms with E-state index in [0.717, 1.165) is 12.3 Å². The highest BCUT2D eigenvalue weighted by atomic mass is 32.2. The summed E-state index contributed by atoms with van der Waals surface area (Å²) in [6.07, 6.45) is 0.956. The second-order valence-electron chi connectivity index (χ2n) is 3.99. The van der Waals surface area contributed by atoms with Crippen LogP contribution in [0, 0.1) is 11.8 Å². The fourth-order valence-corrected chi connectivity index (χ4v) is 2.04. The summed E-state index contributed by atoms with van der Waals surface area (Å²) in [5.41, 5.74) is -0.318. The smallest absolute Gasteiger partial charge is 0.258 e. The largest absolute Gasteiger partial charge is 0.322 e. The van der Waals surface area contributed by atoms with Crippen LogP contribution in [0.15, 0.2) is 41.4 Å². The number of nitrogens with two attached hydrogens (primary N) is 1. The second-order valence-corrected chi connectivity index (χ2v) is 5.55. The van der Waals surface area contributed by atoms with Crippen molar-refractivity contribution in [3.8, 4) is 0 Å². The van der Waals surface area contributed by atoms with Crippen LogP contribution >= 0.6 is 0 Å². The number of nitrogens with zero attached hydrogens (tertiary/aromatic N) is 1. The van der Waals surface area contributed by atoms with Gasteiger partial charge in [-0.1, -0.05) is 0 Å². The molecule has 3 N–H and O–H groups in total. The maximum atomic E-state index is 13.4. The van der Waals surface area contributed by atoms with Crippen LogP contribution in [-0.2, 0) is 10.0 Å². The molecule has 9 heteroatoms. The summed E-state index contributed by atoms with van der Waals surface area (Å²) in [4.78, 5) is 14.7. The summed E-state index contributed by atoms with van der Waals surface area (Å²) in [7, 11) is -3.84. The zero-order valence-corrected chi connectivity index (χ0v) is 11.2. The first kappa shape index (κ1) is 15.0. The van der Waals surface area contributed by atoms with E-state index in [4.69, 9.17) is 5.14 Å². The lowest BCUT2D eigenvalue weighted by molar-refractivity contribution is 0.102. The number of benzene rings is 1. The molecule has 0 fully saturated rings. The Morgan fingerprint density at radius 3 is 2.33 bits per heavy atom. The number of carbonyl (C=O) groups is 1. The predicted molar refractivity (Wildman–Crippen MR) is 69.9 cm³/mol. The molecule has 2 rings (SSSR count). The van der Waals surface area contributed by atoms with Gasteiger partial charge in [-0.05, 0) is 30.3 Å². The molecule has 110 valence electrons. The fraction of sp³-hybridized carbons (Fsp3) is 0. The van der Waals surface area contributed by atoms with Crippen LogP contribution in [0.2, 0.25) is 0 Å². The highest BCUT2D eigenvalue weighted by molar-refractivity contribution is 7.89. The molecule has 21 heavy (non-hydrogen) atoms. The van der Waals surface area contributed by atoms with Crippen molar-refractivity contribution in [1.29, 1.82) is 0 Å². The van der Waals surface area contributed by atoms with Gasteiger partial charge < -0.3 is 5.32 Å². The van der Waals surface area contributed by atoms with E-state index in [0.29, 0.717) is 0 Å². The van der Waals surface area contributed by atoms with Crippen LogP contribution in [0.25, 0.3) is 0 Å². The van der Waals surface area contributed by atoms with E-state index < -0.39 is 33.3 Å². The minimum Gasteiger partial charge on any atom is -0.322 e. The third-order valence-corrected chi connectivity index (χ3v) is 3.46. The molecule has 0 atom stereocenters.